The van der Waals surface area contributed by atoms with Gasteiger partial charge in [-0.15, -0.1) is 5.11 Å². The molecule has 4 aromatic rings. The Morgan fingerprint density at radius 3 is 2.12 bits per heavy atom. The fourth-order valence-electron chi connectivity index (χ4n) is 3.21. The second kappa shape index (κ2) is 9.21. The molecule has 0 aromatic heterocycles. The third-order valence-corrected chi connectivity index (χ3v) is 6.37. The standard InChI is InChI=1S/C20H14N2O7S2.Ba/c23-17-9-8-12-4-1-2-6-14(12)20(17)22-21-16-10-13-5-3-7-18(30(24,25)26)15(13)11-19(16)31(27,28)29;/h1-11,23H,(H,24,25,26)(H,27,28,29);/q;+2/p-2. The van der Waals surface area contributed by atoms with Crippen molar-refractivity contribution in [1.82, 2.24) is 0 Å². The Kier molecular flexibility index (Phi) is 7.14. The van der Waals surface area contributed by atoms with Crippen LogP contribution in [0.25, 0.3) is 21.5 Å². The van der Waals surface area contributed by atoms with Gasteiger partial charge >= 0.3 is 48.9 Å². The van der Waals surface area contributed by atoms with Crippen molar-refractivity contribution in [3.05, 3.63) is 66.7 Å². The van der Waals surface area contributed by atoms with E-state index >= 15 is 0 Å². The molecule has 158 valence electrons. The average molecular weight is 594 g/mol. The molecule has 12 heteroatoms. The summed E-state index contributed by atoms with van der Waals surface area (Å²) in [4.78, 5) is -1.40. The SMILES string of the molecule is O=S(=O)([O-])c1cccc2cc(N=Nc3c([O-])ccc4ccccc34)c(S(=O)(=O)O)cc12.[Ba+2]. The monoisotopic (exact) mass is 594 g/mol. The molecule has 0 saturated carbocycles. The van der Waals surface area contributed by atoms with Gasteiger partial charge in [0, 0.05) is 10.8 Å². The van der Waals surface area contributed by atoms with Crippen molar-refractivity contribution in [3.8, 4) is 5.75 Å². The van der Waals surface area contributed by atoms with Crippen LogP contribution in [0.15, 0.2) is 86.7 Å². The number of rotatable bonds is 4. The van der Waals surface area contributed by atoms with E-state index in [9.17, 15) is 31.0 Å². The van der Waals surface area contributed by atoms with Crippen molar-refractivity contribution in [3.63, 3.8) is 0 Å². The van der Waals surface area contributed by atoms with E-state index in [0.29, 0.717) is 5.39 Å². The number of fused-ring (bicyclic) bond motifs is 2. The van der Waals surface area contributed by atoms with E-state index in [4.69, 9.17) is 0 Å². The van der Waals surface area contributed by atoms with Gasteiger partial charge in [0.1, 0.15) is 20.7 Å². The van der Waals surface area contributed by atoms with Crippen LogP contribution in [0.5, 0.6) is 5.75 Å². The van der Waals surface area contributed by atoms with Crippen LogP contribution in [0, 0.1) is 0 Å². The number of hydrogen-bond acceptors (Lipinski definition) is 8. The second-order valence-electron chi connectivity index (χ2n) is 6.56. The molecule has 4 aromatic carbocycles. The first-order chi connectivity index (χ1) is 14.6. The van der Waals surface area contributed by atoms with Crippen LogP contribution in [-0.2, 0) is 20.2 Å². The molecule has 0 aliphatic rings. The van der Waals surface area contributed by atoms with E-state index in [1.165, 1.54) is 18.2 Å². The van der Waals surface area contributed by atoms with Gasteiger partial charge in [-0.05, 0) is 29.0 Å². The third-order valence-electron chi connectivity index (χ3n) is 4.59. The molecule has 0 bridgehead atoms. The predicted molar refractivity (Wildman–Crippen MR) is 115 cm³/mol. The molecule has 32 heavy (non-hydrogen) atoms. The van der Waals surface area contributed by atoms with Crippen molar-refractivity contribution >= 4 is 102 Å². The maximum absolute atomic E-state index is 12.3. The zero-order valence-corrected chi connectivity index (χ0v) is 22.2. The Morgan fingerprint density at radius 1 is 0.750 bits per heavy atom. The molecule has 0 heterocycles. The number of azo groups is 1. The Balaban J connectivity index is 0.00000289. The normalized spacial score (nSPS) is 12.3. The second-order valence-corrected chi connectivity index (χ2v) is 9.30. The van der Waals surface area contributed by atoms with E-state index in [-0.39, 0.29) is 71.0 Å². The molecule has 0 atom stereocenters. The molecule has 9 nitrogen and oxygen atoms in total. The molecular weight excluding hydrogens is 582 g/mol. The zero-order chi connectivity index (χ0) is 22.4. The maximum atomic E-state index is 12.3. The van der Waals surface area contributed by atoms with Crippen LogP contribution in [0.4, 0.5) is 11.4 Å². The molecule has 0 amide bonds. The van der Waals surface area contributed by atoms with Crippen LogP contribution >= 0.6 is 0 Å². The summed E-state index contributed by atoms with van der Waals surface area (Å²) in [7, 11) is -9.78. The maximum Gasteiger partial charge on any atom is 2.00 e. The summed E-state index contributed by atoms with van der Waals surface area (Å²) in [6.07, 6.45) is 0. The summed E-state index contributed by atoms with van der Waals surface area (Å²) in [6.45, 7) is 0. The minimum Gasteiger partial charge on any atom is -0.871 e. The van der Waals surface area contributed by atoms with Crippen LogP contribution in [0.1, 0.15) is 0 Å². The number of hydrogen-bond donors (Lipinski definition) is 1. The Bertz CT molecular complexity index is 1600. The van der Waals surface area contributed by atoms with E-state index < -0.39 is 35.8 Å². The summed E-state index contributed by atoms with van der Waals surface area (Å²) in [5.41, 5.74) is -0.363. The zero-order valence-electron chi connectivity index (χ0n) is 16.2. The molecule has 0 aliphatic heterocycles. The quantitative estimate of drug-likeness (QED) is 0.216. The van der Waals surface area contributed by atoms with Gasteiger partial charge < -0.3 is 9.66 Å². The van der Waals surface area contributed by atoms with Crippen LogP contribution < -0.4 is 5.11 Å². The fraction of sp³-hybridized carbons (Fsp3) is 0. The van der Waals surface area contributed by atoms with E-state index in [1.807, 2.05) is 0 Å². The average Bonchev–Trinajstić information content (AvgIpc) is 2.70. The Hall–Kier alpha value is -1.81. The summed E-state index contributed by atoms with van der Waals surface area (Å²) >= 11 is 0. The minimum atomic E-state index is -4.91. The molecule has 0 radical (unpaired) electrons. The van der Waals surface area contributed by atoms with Gasteiger partial charge in [0.25, 0.3) is 10.1 Å². The molecule has 4 rings (SSSR count). The van der Waals surface area contributed by atoms with Gasteiger partial charge in [0.05, 0.1) is 10.6 Å². The predicted octanol–water partition coefficient (Wildman–Crippen LogP) is 3.25. The first kappa shape index (κ1) is 24.8. The minimum absolute atomic E-state index is 0. The van der Waals surface area contributed by atoms with Gasteiger partial charge in [-0.1, -0.05) is 54.3 Å². The first-order valence-electron chi connectivity index (χ1n) is 8.66. The molecule has 0 spiro atoms. The molecular formula is C20H12BaN2O7S2. The first-order valence-corrected chi connectivity index (χ1v) is 11.5. The van der Waals surface area contributed by atoms with Gasteiger partial charge in [-0.25, -0.2) is 8.42 Å². The molecule has 0 unspecified atom stereocenters. The largest absolute Gasteiger partial charge is 2.00 e. The topological polar surface area (TPSA) is 159 Å². The van der Waals surface area contributed by atoms with Crippen molar-refractivity contribution in [2.45, 2.75) is 9.79 Å². The van der Waals surface area contributed by atoms with Crippen molar-refractivity contribution in [2.75, 3.05) is 0 Å². The molecule has 0 fully saturated rings. The van der Waals surface area contributed by atoms with Gasteiger partial charge in [0.15, 0.2) is 0 Å². The summed E-state index contributed by atoms with van der Waals surface area (Å²) in [5.74, 6) is -0.448. The van der Waals surface area contributed by atoms with Crippen LogP contribution in [0.2, 0.25) is 0 Å². The van der Waals surface area contributed by atoms with Crippen LogP contribution in [0.3, 0.4) is 0 Å². The van der Waals surface area contributed by atoms with Crippen molar-refractivity contribution in [2.24, 2.45) is 10.2 Å². The van der Waals surface area contributed by atoms with E-state index in [0.717, 1.165) is 23.6 Å². The number of benzene rings is 4. The van der Waals surface area contributed by atoms with Crippen molar-refractivity contribution < 1.29 is 31.0 Å². The van der Waals surface area contributed by atoms with Crippen molar-refractivity contribution in [1.29, 1.82) is 0 Å². The summed E-state index contributed by atoms with van der Waals surface area (Å²) < 4.78 is 68.0. The molecule has 0 aliphatic carbocycles. The Morgan fingerprint density at radius 2 is 1.44 bits per heavy atom. The van der Waals surface area contributed by atoms with Gasteiger partial charge in [-0.3, -0.25) is 4.55 Å². The number of nitrogens with zero attached hydrogens (tertiary/aromatic N) is 2. The third kappa shape index (κ3) is 4.90. The van der Waals surface area contributed by atoms with Gasteiger partial charge in [0.2, 0.25) is 0 Å². The smallest absolute Gasteiger partial charge is 0.871 e. The van der Waals surface area contributed by atoms with E-state index in [1.54, 1.807) is 30.3 Å². The summed E-state index contributed by atoms with van der Waals surface area (Å²) in [5, 5.41) is 21.2. The molecule has 0 saturated heterocycles. The molecule has 1 N–H and O–H groups in total. The van der Waals surface area contributed by atoms with Crippen LogP contribution in [-0.4, -0.2) is 74.8 Å². The van der Waals surface area contributed by atoms with E-state index in [2.05, 4.69) is 10.2 Å². The Labute approximate surface area is 223 Å². The summed E-state index contributed by atoms with van der Waals surface area (Å²) in [6, 6.07) is 15.6. The fourth-order valence-corrected chi connectivity index (χ4v) is 4.53. The van der Waals surface area contributed by atoms with Gasteiger partial charge in [-0.2, -0.15) is 13.5 Å².